The van der Waals surface area contributed by atoms with Crippen LogP contribution in [-0.4, -0.2) is 42.1 Å². The summed E-state index contributed by atoms with van der Waals surface area (Å²) in [7, 11) is 0. The van der Waals surface area contributed by atoms with Crippen molar-refractivity contribution in [3.63, 3.8) is 0 Å². The van der Waals surface area contributed by atoms with Gasteiger partial charge in [0.05, 0.1) is 5.56 Å². The Kier molecular flexibility index (Phi) is 8.40. The predicted molar refractivity (Wildman–Crippen MR) is 118 cm³/mol. The molecule has 150 valence electrons. The molecule has 1 amide bonds. The average molecular weight is 494 g/mol. The lowest BCUT2D eigenvalue weighted by molar-refractivity contribution is 0.0967. The number of hydrogen-bond donors (Lipinski definition) is 3. The lowest BCUT2D eigenvalue weighted by Crippen LogP contribution is -2.35. The number of aliphatic hydroxyl groups is 1. The van der Waals surface area contributed by atoms with E-state index in [2.05, 4.69) is 33.2 Å². The van der Waals surface area contributed by atoms with Gasteiger partial charge in [-0.3, -0.25) is 9.59 Å². The van der Waals surface area contributed by atoms with E-state index in [1.807, 2.05) is 26.0 Å². The summed E-state index contributed by atoms with van der Waals surface area (Å²) in [6.07, 6.45) is -0.692. The number of rotatable bonds is 9. The molecule has 0 saturated carbocycles. The van der Waals surface area contributed by atoms with Gasteiger partial charge in [0.2, 0.25) is 0 Å². The van der Waals surface area contributed by atoms with Gasteiger partial charge in [-0.25, -0.2) is 0 Å². The summed E-state index contributed by atoms with van der Waals surface area (Å²) in [5.74, 6) is -0.0598. The van der Waals surface area contributed by atoms with Gasteiger partial charge in [0.1, 0.15) is 18.5 Å². The molecule has 0 fully saturated rings. The van der Waals surface area contributed by atoms with Crippen molar-refractivity contribution in [2.24, 2.45) is 0 Å². The number of carbonyl (C=O) groups excluding carboxylic acids is 2. The smallest absolute Gasteiger partial charge is 0.255 e. The molecule has 3 N–H and O–H groups in total. The topological polar surface area (TPSA) is 87.7 Å². The molecule has 0 aliphatic heterocycles. The zero-order chi connectivity index (χ0) is 20.7. The molecule has 1 unspecified atom stereocenters. The maximum atomic E-state index is 12.4. The normalized spacial score (nSPS) is 11.9. The van der Waals surface area contributed by atoms with Crippen LogP contribution < -0.4 is 15.4 Å². The Labute approximate surface area is 178 Å². The molecule has 0 spiro atoms. The maximum absolute atomic E-state index is 12.4. The van der Waals surface area contributed by atoms with Gasteiger partial charge in [-0.15, -0.1) is 0 Å². The summed E-state index contributed by atoms with van der Waals surface area (Å²) >= 11 is 2.15. The minimum Gasteiger partial charge on any atom is -0.490 e. The third-order valence-corrected chi connectivity index (χ3v) is 4.57. The molecule has 0 aromatic heterocycles. The van der Waals surface area contributed by atoms with Crippen LogP contribution >= 0.6 is 22.6 Å². The highest BCUT2D eigenvalue weighted by atomic mass is 125. The van der Waals surface area contributed by atoms with Gasteiger partial charge in [0, 0.05) is 27.4 Å². The van der Waals surface area contributed by atoms with E-state index in [0.29, 0.717) is 29.1 Å². The zero-order valence-corrected chi connectivity index (χ0v) is 18.3. The summed E-state index contributed by atoms with van der Waals surface area (Å²) < 4.78 is 6.59. The highest BCUT2D eigenvalue weighted by Gasteiger charge is 2.14. The second-order valence-corrected chi connectivity index (χ2v) is 8.01. The third kappa shape index (κ3) is 6.88. The number of ether oxygens (including phenoxy) is 1. The van der Waals surface area contributed by atoms with Crippen LogP contribution in [0.15, 0.2) is 42.5 Å². The van der Waals surface area contributed by atoms with Crippen LogP contribution in [0.25, 0.3) is 0 Å². The molecule has 28 heavy (non-hydrogen) atoms. The van der Waals surface area contributed by atoms with E-state index >= 15 is 0 Å². The van der Waals surface area contributed by atoms with Gasteiger partial charge in [0.15, 0.2) is 5.78 Å². The predicted octanol–water partition coefficient (Wildman–Crippen LogP) is 3.48. The Hall–Kier alpha value is -1.97. The number of Topliss-reactive ketones (excluding diaryl/α,β-unsaturated/α-hetero) is 1. The molecule has 0 radical (unpaired) electrons. The van der Waals surface area contributed by atoms with E-state index in [4.69, 9.17) is 4.74 Å². The van der Waals surface area contributed by atoms with Crippen molar-refractivity contribution >= 4 is 40.0 Å². The Morgan fingerprint density at radius 2 is 1.93 bits per heavy atom. The van der Waals surface area contributed by atoms with Gasteiger partial charge < -0.3 is 20.5 Å². The number of amides is 1. The van der Waals surface area contributed by atoms with Crippen LogP contribution in [0.2, 0.25) is 0 Å². The summed E-state index contributed by atoms with van der Waals surface area (Å²) in [4.78, 5) is 24.4. The maximum Gasteiger partial charge on any atom is 0.255 e. The third-order valence-electron chi connectivity index (χ3n) is 3.90. The minimum absolute atomic E-state index is 0.0636. The SMILES string of the molecule is CC(=O)c1cc(NC(=O)c2cccc([125I])c2)ccc1OCC(O)CNC(C)C. The summed E-state index contributed by atoms with van der Waals surface area (Å²) in [6.45, 7) is 5.88. The number of hydrogen-bond acceptors (Lipinski definition) is 5. The number of aliphatic hydroxyl groups excluding tert-OH is 1. The van der Waals surface area contributed by atoms with E-state index in [1.165, 1.54) is 6.92 Å². The molecule has 7 heteroatoms. The van der Waals surface area contributed by atoms with Crippen molar-refractivity contribution in [2.75, 3.05) is 18.5 Å². The number of carbonyl (C=O) groups is 2. The molecule has 0 saturated heterocycles. The van der Waals surface area contributed by atoms with Gasteiger partial charge in [-0.2, -0.15) is 0 Å². The highest BCUT2D eigenvalue weighted by Crippen LogP contribution is 2.24. The highest BCUT2D eigenvalue weighted by molar-refractivity contribution is 14.1. The molecule has 2 rings (SSSR count). The van der Waals surface area contributed by atoms with E-state index in [1.54, 1.807) is 30.3 Å². The number of anilines is 1. The fraction of sp³-hybridized carbons (Fsp3) is 0.333. The van der Waals surface area contributed by atoms with Crippen LogP contribution in [0.5, 0.6) is 5.75 Å². The Bertz CT molecular complexity index is 839. The first-order valence-corrected chi connectivity index (χ1v) is 10.1. The van der Waals surface area contributed by atoms with Gasteiger partial charge in [0.25, 0.3) is 5.91 Å². The minimum atomic E-state index is -0.692. The van der Waals surface area contributed by atoms with E-state index < -0.39 is 6.10 Å². The molecule has 0 heterocycles. The molecule has 2 aromatic rings. The fourth-order valence-corrected chi connectivity index (χ4v) is 3.00. The molecule has 0 bridgehead atoms. The van der Waals surface area contributed by atoms with Gasteiger partial charge in [-0.1, -0.05) is 19.9 Å². The molecular formula is C21H25IN2O4. The summed E-state index contributed by atoms with van der Waals surface area (Å²) in [5, 5.41) is 15.9. The number of ketones is 1. The number of nitrogens with one attached hydrogen (secondary N) is 2. The number of halogens is 1. The van der Waals surface area contributed by atoms with E-state index in [9.17, 15) is 14.7 Å². The van der Waals surface area contributed by atoms with Crippen LogP contribution in [0, 0.1) is 3.57 Å². The second kappa shape index (κ2) is 10.5. The largest absolute Gasteiger partial charge is 0.490 e. The quantitative estimate of drug-likeness (QED) is 0.367. The summed E-state index contributed by atoms with van der Waals surface area (Å²) in [6, 6.07) is 12.4. The van der Waals surface area contributed by atoms with E-state index in [0.717, 1.165) is 3.57 Å². The zero-order valence-electron chi connectivity index (χ0n) is 16.2. The van der Waals surface area contributed by atoms with Crippen molar-refractivity contribution in [1.82, 2.24) is 5.32 Å². The lowest BCUT2D eigenvalue weighted by Gasteiger charge is -2.17. The standard InChI is InChI=1S/C21H25IN2O4/c1-13(2)23-11-18(26)12-28-20-8-7-17(10-19(20)14(3)25)24-21(27)15-5-4-6-16(22)9-15/h4-10,13,18,23,26H,11-12H2,1-3H3,(H,24,27)/i22-2. The Morgan fingerprint density at radius 1 is 1.18 bits per heavy atom. The Balaban J connectivity index is 2.07. The average Bonchev–Trinajstić information content (AvgIpc) is 2.65. The molecule has 0 aliphatic rings. The fourth-order valence-electron chi connectivity index (χ4n) is 2.46. The number of benzene rings is 2. The second-order valence-electron chi connectivity index (χ2n) is 6.76. The van der Waals surface area contributed by atoms with Gasteiger partial charge in [-0.05, 0) is 65.9 Å². The van der Waals surface area contributed by atoms with Crippen LogP contribution in [-0.2, 0) is 0 Å². The molecule has 2 aromatic carbocycles. The first-order valence-electron chi connectivity index (χ1n) is 9.02. The Morgan fingerprint density at radius 3 is 2.57 bits per heavy atom. The van der Waals surface area contributed by atoms with Crippen LogP contribution in [0.3, 0.4) is 0 Å². The molecule has 1 atom stereocenters. The van der Waals surface area contributed by atoms with Crippen molar-refractivity contribution in [2.45, 2.75) is 32.9 Å². The van der Waals surface area contributed by atoms with Crippen LogP contribution in [0.1, 0.15) is 41.5 Å². The van der Waals surface area contributed by atoms with Crippen molar-refractivity contribution in [3.8, 4) is 5.75 Å². The monoisotopic (exact) mass is 494 g/mol. The van der Waals surface area contributed by atoms with Crippen molar-refractivity contribution in [1.29, 1.82) is 0 Å². The van der Waals surface area contributed by atoms with E-state index in [-0.39, 0.29) is 24.3 Å². The van der Waals surface area contributed by atoms with Gasteiger partial charge >= 0.3 is 0 Å². The van der Waals surface area contributed by atoms with Crippen LogP contribution in [0.4, 0.5) is 5.69 Å². The van der Waals surface area contributed by atoms with Crippen molar-refractivity contribution in [3.05, 3.63) is 57.2 Å². The molecule has 0 aliphatic carbocycles. The molecular weight excluding hydrogens is 469 g/mol. The summed E-state index contributed by atoms with van der Waals surface area (Å²) in [5.41, 5.74) is 1.39. The van der Waals surface area contributed by atoms with Crippen molar-refractivity contribution < 1.29 is 19.4 Å². The first-order chi connectivity index (χ1) is 13.3. The molecule has 6 nitrogen and oxygen atoms in total. The first kappa shape index (κ1) is 22.3. The lowest BCUT2D eigenvalue weighted by atomic mass is 10.1.